The molecule has 0 radical (unpaired) electrons. The average Bonchev–Trinajstić information content (AvgIpc) is 3.35. The quantitative estimate of drug-likeness (QED) is 0.303. The first-order valence-corrected chi connectivity index (χ1v) is 12.2. The summed E-state index contributed by atoms with van der Waals surface area (Å²) in [5.41, 5.74) is 8.27. The van der Waals surface area contributed by atoms with Gasteiger partial charge >= 0.3 is 0 Å². The van der Waals surface area contributed by atoms with Crippen molar-refractivity contribution in [3.63, 3.8) is 0 Å². The van der Waals surface area contributed by atoms with Crippen molar-refractivity contribution in [3.05, 3.63) is 58.9 Å². The van der Waals surface area contributed by atoms with Crippen molar-refractivity contribution >= 4 is 34.6 Å². The monoisotopic (exact) mass is 462 g/mol. The number of halogens is 1. The van der Waals surface area contributed by atoms with Gasteiger partial charge in [0.15, 0.2) is 5.65 Å². The van der Waals surface area contributed by atoms with Crippen LogP contribution in [0, 0.1) is 20.8 Å². The second-order valence-corrected chi connectivity index (χ2v) is 9.38. The van der Waals surface area contributed by atoms with E-state index >= 15 is 0 Å². The molecule has 1 aliphatic heterocycles. The highest BCUT2D eigenvalue weighted by Gasteiger charge is 2.31. The van der Waals surface area contributed by atoms with E-state index in [-0.39, 0.29) is 12.4 Å². The molecule has 1 aliphatic rings. The molecular weight excluding hydrogens is 428 g/mol. The smallest absolute Gasteiger partial charge is 0.165 e. The summed E-state index contributed by atoms with van der Waals surface area (Å²) in [5, 5.41) is 7.63. The van der Waals surface area contributed by atoms with Gasteiger partial charge in [-0.1, -0.05) is 57.0 Å². The number of fused-ring (bicyclic) bond motifs is 4. The summed E-state index contributed by atoms with van der Waals surface area (Å²) in [4.78, 5) is 7.76. The number of aromatic nitrogens is 3. The lowest BCUT2D eigenvalue weighted by atomic mass is 9.96. The van der Waals surface area contributed by atoms with Crippen molar-refractivity contribution in [1.29, 1.82) is 0 Å². The summed E-state index contributed by atoms with van der Waals surface area (Å²) in [7, 11) is 0. The van der Waals surface area contributed by atoms with Crippen molar-refractivity contribution < 1.29 is 0 Å². The van der Waals surface area contributed by atoms with Gasteiger partial charge in [-0.2, -0.15) is 9.61 Å². The summed E-state index contributed by atoms with van der Waals surface area (Å²) in [6, 6.07) is 13.8. The maximum atomic E-state index is 5.13. The van der Waals surface area contributed by atoms with Gasteiger partial charge in [-0.25, -0.2) is 4.98 Å². The minimum atomic E-state index is 0. The van der Waals surface area contributed by atoms with Crippen LogP contribution in [-0.2, 0) is 6.42 Å². The normalized spacial score (nSPS) is 13.2. The summed E-state index contributed by atoms with van der Waals surface area (Å²) in [6.07, 6.45) is 5.95. The zero-order chi connectivity index (χ0) is 22.4. The SMILES string of the molecule is CCCC(CCC)N1CCc2c(C)nc3c(-c4cc5ccccc5cc4C)c(C)nn3c21.Cl. The lowest BCUT2D eigenvalue weighted by molar-refractivity contribution is 0.508. The molecule has 174 valence electrons. The van der Waals surface area contributed by atoms with Crippen molar-refractivity contribution in [2.24, 2.45) is 0 Å². The molecule has 0 aliphatic carbocycles. The first-order valence-electron chi connectivity index (χ1n) is 12.2. The Kier molecular flexibility index (Phi) is 6.67. The summed E-state index contributed by atoms with van der Waals surface area (Å²) in [6.45, 7) is 12.2. The fourth-order valence-corrected chi connectivity index (χ4v) is 5.62. The van der Waals surface area contributed by atoms with Gasteiger partial charge in [0.2, 0.25) is 0 Å². The van der Waals surface area contributed by atoms with Crippen LogP contribution in [0.4, 0.5) is 5.82 Å². The molecule has 0 amide bonds. The minimum absolute atomic E-state index is 0. The molecule has 0 atom stereocenters. The Morgan fingerprint density at radius 3 is 2.27 bits per heavy atom. The Morgan fingerprint density at radius 2 is 1.61 bits per heavy atom. The molecule has 5 heteroatoms. The van der Waals surface area contributed by atoms with Crippen LogP contribution < -0.4 is 4.90 Å². The molecule has 0 N–H and O–H groups in total. The second-order valence-electron chi connectivity index (χ2n) is 9.38. The highest BCUT2D eigenvalue weighted by atomic mass is 35.5. The average molecular weight is 463 g/mol. The van der Waals surface area contributed by atoms with Gasteiger partial charge in [-0.3, -0.25) is 0 Å². The van der Waals surface area contributed by atoms with E-state index in [9.17, 15) is 0 Å². The van der Waals surface area contributed by atoms with E-state index in [1.54, 1.807) is 0 Å². The maximum Gasteiger partial charge on any atom is 0.165 e. The fourth-order valence-electron chi connectivity index (χ4n) is 5.62. The molecule has 0 bridgehead atoms. The van der Waals surface area contributed by atoms with Crippen molar-refractivity contribution in [2.45, 2.75) is 72.8 Å². The number of benzene rings is 2. The lowest BCUT2D eigenvalue weighted by Crippen LogP contribution is -2.35. The van der Waals surface area contributed by atoms with E-state index in [0.29, 0.717) is 6.04 Å². The number of hydrogen-bond acceptors (Lipinski definition) is 3. The largest absolute Gasteiger partial charge is 0.353 e. The molecule has 0 saturated carbocycles. The van der Waals surface area contributed by atoms with Crippen molar-refractivity contribution in [2.75, 3.05) is 11.4 Å². The molecule has 4 nitrogen and oxygen atoms in total. The van der Waals surface area contributed by atoms with E-state index in [1.165, 1.54) is 64.5 Å². The van der Waals surface area contributed by atoms with Crippen molar-refractivity contribution in [1.82, 2.24) is 14.6 Å². The molecule has 0 fully saturated rings. The molecule has 0 saturated heterocycles. The Labute approximate surface area is 203 Å². The lowest BCUT2D eigenvalue weighted by Gasteiger charge is -2.30. The molecule has 0 spiro atoms. The predicted molar refractivity (Wildman–Crippen MR) is 142 cm³/mol. The maximum absolute atomic E-state index is 5.13. The number of anilines is 1. The van der Waals surface area contributed by atoms with Crippen LogP contribution in [0.25, 0.3) is 27.5 Å². The van der Waals surface area contributed by atoms with E-state index < -0.39 is 0 Å². The van der Waals surface area contributed by atoms with Gasteiger partial charge in [0.25, 0.3) is 0 Å². The third-order valence-electron chi connectivity index (χ3n) is 7.14. The standard InChI is InChI=1S/C28H34N4.ClH/c1-6-10-23(11-7-2)31-15-14-24-19(4)29-27-26(20(5)30-32(27)28(24)31)25-17-22-13-9-8-12-21(22)16-18(25)3;/h8-9,12-13,16-17,23H,6-7,10-11,14-15H2,1-5H3;1H. The number of aryl methyl sites for hydroxylation is 3. The van der Waals surface area contributed by atoms with E-state index in [0.717, 1.165) is 30.0 Å². The number of rotatable bonds is 6. The topological polar surface area (TPSA) is 33.4 Å². The van der Waals surface area contributed by atoms with Crippen LogP contribution in [0.15, 0.2) is 36.4 Å². The predicted octanol–water partition coefficient (Wildman–Crippen LogP) is 7.23. The van der Waals surface area contributed by atoms with Gasteiger partial charge < -0.3 is 4.90 Å². The Balaban J connectivity index is 0.00000259. The molecule has 5 rings (SSSR count). The molecular formula is C28H35ClN4. The Bertz CT molecular complexity index is 1300. The molecule has 0 unspecified atom stereocenters. The number of hydrogen-bond donors (Lipinski definition) is 0. The molecule has 2 aromatic heterocycles. The molecule has 4 aromatic rings. The minimum Gasteiger partial charge on any atom is -0.353 e. The zero-order valence-electron chi connectivity index (χ0n) is 20.5. The third kappa shape index (κ3) is 3.89. The van der Waals surface area contributed by atoms with Crippen LogP contribution in [-0.4, -0.2) is 27.2 Å². The molecule has 3 heterocycles. The van der Waals surface area contributed by atoms with Crippen LogP contribution in [0.3, 0.4) is 0 Å². The van der Waals surface area contributed by atoms with Gasteiger partial charge in [0.1, 0.15) is 5.82 Å². The summed E-state index contributed by atoms with van der Waals surface area (Å²) >= 11 is 0. The van der Waals surface area contributed by atoms with Gasteiger partial charge in [0, 0.05) is 29.4 Å². The Morgan fingerprint density at radius 1 is 0.939 bits per heavy atom. The van der Waals surface area contributed by atoms with E-state index in [1.807, 2.05) is 0 Å². The van der Waals surface area contributed by atoms with Gasteiger partial charge in [-0.05, 0) is 68.0 Å². The summed E-state index contributed by atoms with van der Waals surface area (Å²) < 4.78 is 2.16. The Hall–Kier alpha value is -2.59. The highest BCUT2D eigenvalue weighted by Crippen LogP contribution is 2.39. The van der Waals surface area contributed by atoms with Crippen LogP contribution in [0.1, 0.15) is 62.0 Å². The first kappa shape index (κ1) is 23.6. The fraction of sp³-hybridized carbons (Fsp3) is 0.429. The van der Waals surface area contributed by atoms with E-state index in [4.69, 9.17) is 10.1 Å². The summed E-state index contributed by atoms with van der Waals surface area (Å²) in [5.74, 6) is 1.28. The number of nitrogens with zero attached hydrogens (tertiary/aromatic N) is 4. The first-order chi connectivity index (χ1) is 15.5. The zero-order valence-corrected chi connectivity index (χ0v) is 21.3. The van der Waals surface area contributed by atoms with Gasteiger partial charge in [-0.15, -0.1) is 12.4 Å². The highest BCUT2D eigenvalue weighted by molar-refractivity contribution is 5.93. The van der Waals surface area contributed by atoms with Crippen molar-refractivity contribution in [3.8, 4) is 11.1 Å². The van der Waals surface area contributed by atoms with Crippen LogP contribution in [0.2, 0.25) is 0 Å². The second kappa shape index (κ2) is 9.34. The van der Waals surface area contributed by atoms with Gasteiger partial charge in [0.05, 0.1) is 5.69 Å². The molecule has 2 aromatic carbocycles. The van der Waals surface area contributed by atoms with Crippen LogP contribution >= 0.6 is 12.4 Å². The van der Waals surface area contributed by atoms with E-state index in [2.05, 4.69) is 80.4 Å². The van der Waals surface area contributed by atoms with Crippen LogP contribution in [0.5, 0.6) is 0 Å². The molecule has 33 heavy (non-hydrogen) atoms. The third-order valence-corrected chi connectivity index (χ3v) is 7.14.